The summed E-state index contributed by atoms with van der Waals surface area (Å²) in [6.45, 7) is 17.1. The zero-order chi connectivity index (χ0) is 47.9. The Balaban J connectivity index is 0.00000249. The highest BCUT2D eigenvalue weighted by Gasteiger charge is 2.55. The van der Waals surface area contributed by atoms with Gasteiger partial charge in [0.1, 0.15) is 0 Å². The molecule has 0 nitrogen and oxygen atoms in total. The van der Waals surface area contributed by atoms with Crippen molar-refractivity contribution in [2.45, 2.75) is 78.1 Å². The van der Waals surface area contributed by atoms with Crippen molar-refractivity contribution in [2.75, 3.05) is 0 Å². The number of hydrogen-bond acceptors (Lipinski definition) is 0. The predicted octanol–water partition coefficient (Wildman–Crippen LogP) is 19.5. The van der Waals surface area contributed by atoms with Crippen molar-refractivity contribution < 1.29 is 0 Å². The minimum Gasteiger partial charge on any atom is -0.0990 e. The molecule has 0 amide bonds. The van der Waals surface area contributed by atoms with Gasteiger partial charge in [0, 0.05) is 0 Å². The fourth-order valence-electron chi connectivity index (χ4n) is 13.2. The molecule has 0 aliphatic heterocycles. The monoisotopic (exact) mass is 900 g/mol. The standard InChI is InChI=1S/C68H54.C2H6/c1-6-20-42(21-7-2)46-37-35-45(41-61(46)67(3,4)5)63-54-30-14-12-28-52(54)62(53-29-13-15-31-55(53)63)44-36-38-56-58(40-44)48-24-10-11-27-51(48)64-57-39-34-43-22-8-9-23-47(43)65(57)68(66(56)64)59-32-18-16-25-49(59)50-26-17-19-33-60(50)68;1-2/h6-7,9-16,18-21,23-25,27-41H,1,8,17,22,26H2,2-5H3;1-2H3/b21-7-,42-20+;. The van der Waals surface area contributed by atoms with Crippen LogP contribution < -0.4 is 0 Å². The summed E-state index contributed by atoms with van der Waals surface area (Å²) >= 11 is 0. The first-order valence-corrected chi connectivity index (χ1v) is 25.7. The SMILES string of the molecule is C=C/C=C(\C=C/C)c1ccc(-c2c3ccccc3c(-c3ccc4c5c(c6ccccc6c4c3)-c3ccc4c(c3C53C5=C(CCC=C5)c5ccccc53)C=CCC4)c3ccccc23)cc1C(C)(C)C.CC. The summed E-state index contributed by atoms with van der Waals surface area (Å²) in [6.07, 6.45) is 22.5. The molecule has 0 bridgehead atoms. The Morgan fingerprint density at radius 1 is 0.557 bits per heavy atom. The van der Waals surface area contributed by atoms with Gasteiger partial charge in [-0.2, -0.15) is 0 Å². The first-order chi connectivity index (χ1) is 34.3. The maximum absolute atomic E-state index is 4.06. The third-order valence-electron chi connectivity index (χ3n) is 15.8. The largest absolute Gasteiger partial charge is 0.0990 e. The zero-order valence-corrected chi connectivity index (χ0v) is 41.5. The average Bonchev–Trinajstić information content (AvgIpc) is 3.88. The molecule has 9 aromatic rings. The molecule has 0 saturated heterocycles. The highest BCUT2D eigenvalue weighted by Crippen LogP contribution is 2.67. The molecule has 9 aromatic carbocycles. The van der Waals surface area contributed by atoms with E-state index in [2.05, 4.69) is 222 Å². The maximum Gasteiger partial charge on any atom is 0.0734 e. The van der Waals surface area contributed by atoms with Crippen molar-refractivity contribution in [1.29, 1.82) is 0 Å². The number of fused-ring (bicyclic) bond motifs is 18. The Labute approximate surface area is 414 Å². The van der Waals surface area contributed by atoms with E-state index in [1.54, 1.807) is 0 Å². The molecular formula is C70H60. The van der Waals surface area contributed by atoms with Gasteiger partial charge in [-0.05, 0) is 188 Å². The van der Waals surface area contributed by atoms with Gasteiger partial charge in [-0.3, -0.25) is 0 Å². The second kappa shape index (κ2) is 16.9. The first-order valence-electron chi connectivity index (χ1n) is 25.7. The first kappa shape index (κ1) is 43.7. The van der Waals surface area contributed by atoms with Gasteiger partial charge in [0.15, 0.2) is 0 Å². The summed E-state index contributed by atoms with van der Waals surface area (Å²) in [5, 5.41) is 10.4. The summed E-state index contributed by atoms with van der Waals surface area (Å²) in [7, 11) is 0. The number of aryl methyl sites for hydroxylation is 1. The zero-order valence-electron chi connectivity index (χ0n) is 41.5. The third kappa shape index (κ3) is 6.21. The van der Waals surface area contributed by atoms with Gasteiger partial charge in [0.25, 0.3) is 0 Å². The minimum atomic E-state index is -0.429. The van der Waals surface area contributed by atoms with Gasteiger partial charge in [-0.25, -0.2) is 0 Å². The molecule has 4 aliphatic carbocycles. The lowest BCUT2D eigenvalue weighted by atomic mass is 9.66. The molecule has 1 unspecified atom stereocenters. The number of allylic oxidation sites excluding steroid dienone is 10. The molecule has 1 spiro atoms. The van der Waals surface area contributed by atoms with E-state index in [4.69, 9.17) is 0 Å². The van der Waals surface area contributed by atoms with Crippen molar-refractivity contribution in [3.63, 3.8) is 0 Å². The molecule has 340 valence electrons. The van der Waals surface area contributed by atoms with E-state index in [-0.39, 0.29) is 5.41 Å². The van der Waals surface area contributed by atoms with Gasteiger partial charge < -0.3 is 0 Å². The molecule has 13 rings (SSSR count). The van der Waals surface area contributed by atoms with E-state index in [0.29, 0.717) is 0 Å². The summed E-state index contributed by atoms with van der Waals surface area (Å²) in [4.78, 5) is 0. The molecular weight excluding hydrogens is 841 g/mol. The molecule has 0 heterocycles. The minimum absolute atomic E-state index is 0.0886. The van der Waals surface area contributed by atoms with Crippen LogP contribution >= 0.6 is 0 Å². The van der Waals surface area contributed by atoms with Crippen LogP contribution in [0.4, 0.5) is 0 Å². The lowest BCUT2D eigenvalue weighted by Gasteiger charge is -2.35. The summed E-state index contributed by atoms with van der Waals surface area (Å²) in [6, 6.07) is 56.5. The van der Waals surface area contributed by atoms with Crippen LogP contribution in [0.15, 0.2) is 200 Å². The van der Waals surface area contributed by atoms with Gasteiger partial charge in [0.2, 0.25) is 0 Å². The molecule has 0 radical (unpaired) electrons. The van der Waals surface area contributed by atoms with E-state index in [1.165, 1.54) is 138 Å². The normalized spacial score (nSPS) is 16.7. The van der Waals surface area contributed by atoms with Crippen molar-refractivity contribution in [3.05, 3.63) is 245 Å². The van der Waals surface area contributed by atoms with Gasteiger partial charge in [-0.15, -0.1) is 0 Å². The molecule has 0 fully saturated rings. The lowest BCUT2D eigenvalue weighted by molar-refractivity contribution is 0.589. The Morgan fingerprint density at radius 2 is 1.16 bits per heavy atom. The Kier molecular flexibility index (Phi) is 10.5. The second-order valence-corrected chi connectivity index (χ2v) is 20.4. The van der Waals surface area contributed by atoms with Crippen LogP contribution in [0.2, 0.25) is 0 Å². The lowest BCUT2D eigenvalue weighted by Crippen LogP contribution is -2.29. The smallest absolute Gasteiger partial charge is 0.0734 e. The number of benzene rings is 9. The number of hydrogen-bond donors (Lipinski definition) is 0. The highest BCUT2D eigenvalue weighted by molar-refractivity contribution is 6.24. The fourth-order valence-corrected chi connectivity index (χ4v) is 13.2. The van der Waals surface area contributed by atoms with Crippen LogP contribution in [-0.4, -0.2) is 0 Å². The Bertz CT molecular complexity index is 3790. The van der Waals surface area contributed by atoms with Gasteiger partial charge in [0.05, 0.1) is 5.41 Å². The van der Waals surface area contributed by atoms with Crippen LogP contribution in [0.25, 0.3) is 93.7 Å². The maximum atomic E-state index is 4.06. The quantitative estimate of drug-likeness (QED) is 0.0917. The van der Waals surface area contributed by atoms with Crippen LogP contribution in [0.1, 0.15) is 105 Å². The van der Waals surface area contributed by atoms with Crippen LogP contribution in [0.3, 0.4) is 0 Å². The van der Waals surface area contributed by atoms with Gasteiger partial charge in [-0.1, -0.05) is 223 Å². The van der Waals surface area contributed by atoms with Crippen molar-refractivity contribution in [3.8, 4) is 33.4 Å². The molecule has 0 saturated carbocycles. The van der Waals surface area contributed by atoms with E-state index in [1.807, 2.05) is 19.9 Å². The van der Waals surface area contributed by atoms with Gasteiger partial charge >= 0.3 is 0 Å². The average molecular weight is 901 g/mol. The van der Waals surface area contributed by atoms with Crippen LogP contribution in [-0.2, 0) is 17.3 Å². The van der Waals surface area contributed by atoms with E-state index >= 15 is 0 Å². The van der Waals surface area contributed by atoms with Crippen LogP contribution in [0.5, 0.6) is 0 Å². The summed E-state index contributed by atoms with van der Waals surface area (Å²) < 4.78 is 0. The van der Waals surface area contributed by atoms with Crippen molar-refractivity contribution >= 4 is 60.3 Å². The molecule has 70 heavy (non-hydrogen) atoms. The molecule has 0 heteroatoms. The van der Waals surface area contributed by atoms with Crippen molar-refractivity contribution in [1.82, 2.24) is 0 Å². The summed E-state index contributed by atoms with van der Waals surface area (Å²) in [5.41, 5.74) is 22.7. The Hall–Kier alpha value is -7.54. The topological polar surface area (TPSA) is 0 Å². The third-order valence-corrected chi connectivity index (χ3v) is 15.8. The molecule has 0 aromatic heterocycles. The van der Waals surface area contributed by atoms with Crippen molar-refractivity contribution in [2.24, 2.45) is 0 Å². The molecule has 0 N–H and O–H groups in total. The number of rotatable bonds is 5. The van der Waals surface area contributed by atoms with E-state index in [0.717, 1.165) is 25.7 Å². The molecule has 1 atom stereocenters. The molecule has 4 aliphatic rings. The van der Waals surface area contributed by atoms with E-state index in [9.17, 15) is 0 Å². The highest BCUT2D eigenvalue weighted by atomic mass is 14.6. The predicted molar refractivity (Wildman–Crippen MR) is 305 cm³/mol. The van der Waals surface area contributed by atoms with E-state index < -0.39 is 5.41 Å². The second-order valence-electron chi connectivity index (χ2n) is 20.4. The summed E-state index contributed by atoms with van der Waals surface area (Å²) in [5.74, 6) is 0. The van der Waals surface area contributed by atoms with Crippen LogP contribution in [0, 0.1) is 0 Å². The fraction of sp³-hybridized carbons (Fsp3) is 0.171. The Morgan fingerprint density at radius 3 is 1.83 bits per heavy atom.